The van der Waals surface area contributed by atoms with Crippen molar-refractivity contribution in [2.24, 2.45) is 0 Å². The smallest absolute Gasteiger partial charge is 0.256 e. The summed E-state index contributed by atoms with van der Waals surface area (Å²) in [5.74, 6) is -0.716. The highest BCUT2D eigenvalue weighted by Gasteiger charge is 2.35. The molecule has 5 rings (SSSR count). The molecule has 0 unspecified atom stereocenters. The fourth-order valence-electron chi connectivity index (χ4n) is 4.66. The summed E-state index contributed by atoms with van der Waals surface area (Å²) >= 11 is 1.30. The lowest BCUT2D eigenvalue weighted by molar-refractivity contribution is -0.119. The Hall–Kier alpha value is -4.09. The average molecular weight is 563 g/mol. The van der Waals surface area contributed by atoms with E-state index >= 15 is 0 Å². The van der Waals surface area contributed by atoms with Crippen molar-refractivity contribution in [3.63, 3.8) is 0 Å². The molecule has 11 heteroatoms. The molecular weight excluding hydrogens is 536 g/mol. The fourth-order valence-corrected chi connectivity index (χ4v) is 5.97. The number of hydrogen-bond donors (Lipinski definition) is 1. The number of likely N-dealkylation sites (tertiary alicyclic amines) is 1. The molecule has 1 N–H and O–H groups in total. The van der Waals surface area contributed by atoms with Crippen molar-refractivity contribution < 1.29 is 22.8 Å². The number of aromatic nitrogens is 2. The van der Waals surface area contributed by atoms with Crippen molar-refractivity contribution in [1.82, 2.24) is 13.9 Å². The van der Waals surface area contributed by atoms with Gasteiger partial charge in [0.15, 0.2) is 5.13 Å². The zero-order valence-corrected chi connectivity index (χ0v) is 23.0. The van der Waals surface area contributed by atoms with Gasteiger partial charge >= 0.3 is 0 Å². The number of anilines is 1. The van der Waals surface area contributed by atoms with Crippen LogP contribution >= 0.6 is 11.3 Å². The summed E-state index contributed by atoms with van der Waals surface area (Å²) < 4.78 is 24.5. The minimum atomic E-state index is -3.51. The molecular formula is C28H26N4O5S2. The maximum absolute atomic E-state index is 13.1. The van der Waals surface area contributed by atoms with Gasteiger partial charge in [0.05, 0.1) is 17.5 Å². The molecule has 0 radical (unpaired) electrons. The maximum atomic E-state index is 13.1. The molecule has 0 bridgehead atoms. The van der Waals surface area contributed by atoms with Crippen molar-refractivity contribution >= 4 is 44.6 Å². The molecule has 9 nitrogen and oxygen atoms in total. The standard InChI is InChI=1S/C28H26N4O5S2/c1-18-13-20(8-9-23(18)16-33)19-5-3-6-21(14-19)24-17-38-28(29-24)30-26(34)25-7-4-11-32(25)27(35)22-10-12-31(15-22)39(2,36)37/h3,5-6,8-10,12-17,25H,4,7,11H2,1-2H3,(H,29,30,34)/t25-/m0/s1. The van der Waals surface area contributed by atoms with E-state index in [1.807, 2.05) is 48.7 Å². The predicted octanol–water partition coefficient (Wildman–Crippen LogP) is 4.45. The van der Waals surface area contributed by atoms with Crippen molar-refractivity contribution in [3.8, 4) is 22.4 Å². The molecule has 4 aromatic rings. The average Bonchev–Trinajstić information content (AvgIpc) is 3.69. The van der Waals surface area contributed by atoms with Crippen LogP contribution < -0.4 is 5.32 Å². The summed E-state index contributed by atoms with van der Waals surface area (Å²) in [6, 6.07) is 14.3. The number of nitrogens with zero attached hydrogens (tertiary/aromatic N) is 3. The fraction of sp³-hybridized carbons (Fsp3) is 0.214. The van der Waals surface area contributed by atoms with E-state index in [1.54, 1.807) is 6.07 Å². The molecule has 0 aliphatic carbocycles. The Morgan fingerprint density at radius 3 is 2.59 bits per heavy atom. The number of rotatable bonds is 7. The van der Waals surface area contributed by atoms with Gasteiger partial charge in [0, 0.05) is 35.4 Å². The summed E-state index contributed by atoms with van der Waals surface area (Å²) in [5, 5.41) is 5.13. The monoisotopic (exact) mass is 562 g/mol. The van der Waals surface area contributed by atoms with E-state index in [9.17, 15) is 22.8 Å². The third-order valence-corrected chi connectivity index (χ3v) is 8.49. The molecule has 0 spiro atoms. The Morgan fingerprint density at radius 1 is 1.10 bits per heavy atom. The van der Waals surface area contributed by atoms with Crippen LogP contribution in [0.3, 0.4) is 0 Å². The number of carbonyl (C=O) groups is 3. The molecule has 3 heterocycles. The first kappa shape index (κ1) is 26.5. The van der Waals surface area contributed by atoms with E-state index in [0.29, 0.717) is 35.8 Å². The molecule has 1 aliphatic heterocycles. The van der Waals surface area contributed by atoms with Crippen LogP contribution in [0.15, 0.2) is 66.3 Å². The molecule has 1 fully saturated rings. The third kappa shape index (κ3) is 5.55. The molecule has 1 saturated heterocycles. The molecule has 0 saturated carbocycles. The lowest BCUT2D eigenvalue weighted by atomic mass is 9.98. The summed E-state index contributed by atoms with van der Waals surface area (Å²) in [6.45, 7) is 2.31. The van der Waals surface area contributed by atoms with Gasteiger partial charge < -0.3 is 10.2 Å². The van der Waals surface area contributed by atoms with Gasteiger partial charge in [-0.15, -0.1) is 11.3 Å². The molecule has 2 aromatic heterocycles. The minimum Gasteiger partial charge on any atom is -0.327 e. The minimum absolute atomic E-state index is 0.215. The zero-order valence-electron chi connectivity index (χ0n) is 21.3. The van der Waals surface area contributed by atoms with Gasteiger partial charge in [-0.05, 0) is 48.6 Å². The summed E-state index contributed by atoms with van der Waals surface area (Å²) in [6.07, 6.45) is 5.66. The number of amides is 2. The van der Waals surface area contributed by atoms with Gasteiger partial charge in [-0.3, -0.25) is 18.4 Å². The van der Waals surface area contributed by atoms with Gasteiger partial charge in [-0.2, -0.15) is 0 Å². The highest BCUT2D eigenvalue weighted by molar-refractivity contribution is 7.89. The van der Waals surface area contributed by atoms with Crippen LogP contribution in [0.2, 0.25) is 0 Å². The van der Waals surface area contributed by atoms with E-state index < -0.39 is 16.1 Å². The highest BCUT2D eigenvalue weighted by Crippen LogP contribution is 2.30. The van der Waals surface area contributed by atoms with Gasteiger partial charge in [0.25, 0.3) is 5.91 Å². The molecule has 200 valence electrons. The number of benzene rings is 2. The van der Waals surface area contributed by atoms with Gasteiger partial charge in [0.1, 0.15) is 12.3 Å². The number of hydrogen-bond acceptors (Lipinski definition) is 7. The predicted molar refractivity (Wildman–Crippen MR) is 150 cm³/mol. The highest BCUT2D eigenvalue weighted by atomic mass is 32.2. The van der Waals surface area contributed by atoms with Crippen LogP contribution in [-0.4, -0.2) is 59.2 Å². The Kier molecular flexibility index (Phi) is 7.19. The van der Waals surface area contributed by atoms with Gasteiger partial charge in [0.2, 0.25) is 15.9 Å². The number of nitrogens with one attached hydrogen (secondary N) is 1. The van der Waals surface area contributed by atoms with Crippen molar-refractivity contribution in [3.05, 3.63) is 83.0 Å². The first-order valence-corrected chi connectivity index (χ1v) is 15.0. The van der Waals surface area contributed by atoms with E-state index in [2.05, 4.69) is 10.3 Å². The molecule has 1 atom stereocenters. The quantitative estimate of drug-likeness (QED) is 0.333. The summed E-state index contributed by atoms with van der Waals surface area (Å²) in [4.78, 5) is 43.4. The first-order valence-electron chi connectivity index (χ1n) is 12.3. The lowest BCUT2D eigenvalue weighted by Crippen LogP contribution is -2.43. The van der Waals surface area contributed by atoms with Crippen LogP contribution in [0.5, 0.6) is 0 Å². The van der Waals surface area contributed by atoms with Crippen LogP contribution in [-0.2, 0) is 14.8 Å². The summed E-state index contributed by atoms with van der Waals surface area (Å²) in [7, 11) is -3.51. The number of aryl methyl sites for hydroxylation is 1. The van der Waals surface area contributed by atoms with Crippen LogP contribution in [0.1, 0.15) is 39.1 Å². The SMILES string of the molecule is Cc1cc(-c2cccc(-c3csc(NC(=O)[C@@H]4CCCN4C(=O)c4ccn(S(C)(=O)=O)c4)n3)c2)ccc1C=O. The lowest BCUT2D eigenvalue weighted by Gasteiger charge is -2.23. The van der Waals surface area contributed by atoms with E-state index in [1.165, 1.54) is 34.7 Å². The van der Waals surface area contributed by atoms with E-state index in [4.69, 9.17) is 0 Å². The molecule has 1 aliphatic rings. The maximum Gasteiger partial charge on any atom is 0.256 e. The zero-order chi connectivity index (χ0) is 27.7. The third-order valence-electron chi connectivity index (χ3n) is 6.74. The molecule has 2 amide bonds. The van der Waals surface area contributed by atoms with Crippen LogP contribution in [0.25, 0.3) is 22.4 Å². The summed E-state index contributed by atoms with van der Waals surface area (Å²) in [5.41, 5.74) is 5.34. The Bertz CT molecular complexity index is 1690. The first-order chi connectivity index (χ1) is 18.6. The number of thiazole rings is 1. The second-order valence-electron chi connectivity index (χ2n) is 9.45. The largest absolute Gasteiger partial charge is 0.327 e. The van der Waals surface area contributed by atoms with Crippen LogP contribution in [0.4, 0.5) is 5.13 Å². The van der Waals surface area contributed by atoms with Crippen LogP contribution in [0, 0.1) is 6.92 Å². The Labute approximate surface area is 230 Å². The van der Waals surface area contributed by atoms with Crippen molar-refractivity contribution in [1.29, 1.82) is 0 Å². The topological polar surface area (TPSA) is 118 Å². The normalized spacial score (nSPS) is 15.3. The van der Waals surface area contributed by atoms with E-state index in [0.717, 1.165) is 38.8 Å². The van der Waals surface area contributed by atoms with Crippen molar-refractivity contribution in [2.45, 2.75) is 25.8 Å². The van der Waals surface area contributed by atoms with E-state index in [-0.39, 0.29) is 17.4 Å². The Balaban J connectivity index is 1.30. The second-order valence-corrected chi connectivity index (χ2v) is 12.2. The second kappa shape index (κ2) is 10.6. The van der Waals surface area contributed by atoms with Gasteiger partial charge in [-0.25, -0.2) is 13.4 Å². The van der Waals surface area contributed by atoms with Crippen molar-refractivity contribution in [2.75, 3.05) is 18.1 Å². The number of aldehydes is 1. The molecule has 39 heavy (non-hydrogen) atoms. The Morgan fingerprint density at radius 2 is 1.87 bits per heavy atom. The molecule has 2 aromatic carbocycles. The van der Waals surface area contributed by atoms with Gasteiger partial charge in [-0.1, -0.05) is 36.4 Å². The number of carbonyl (C=O) groups excluding carboxylic acids is 3.